The van der Waals surface area contributed by atoms with Crippen LogP contribution in [0.2, 0.25) is 0 Å². The van der Waals surface area contributed by atoms with Crippen LogP contribution in [0.3, 0.4) is 0 Å². The van der Waals surface area contributed by atoms with E-state index in [1.54, 1.807) is 24.3 Å². The van der Waals surface area contributed by atoms with Gasteiger partial charge in [-0.2, -0.15) is 0 Å². The SMILES string of the molecule is COc1ccc(C(=O)N2CCNC(=O)[C@@H]2CC(=O)Nc2ccc(F)cc2)cc1. The van der Waals surface area contributed by atoms with Gasteiger partial charge >= 0.3 is 0 Å². The molecule has 1 fully saturated rings. The maximum absolute atomic E-state index is 13.0. The number of benzene rings is 2. The molecule has 2 aromatic carbocycles. The number of rotatable bonds is 5. The molecule has 3 amide bonds. The molecule has 28 heavy (non-hydrogen) atoms. The largest absolute Gasteiger partial charge is 0.497 e. The average molecular weight is 385 g/mol. The normalized spacial score (nSPS) is 16.3. The number of anilines is 1. The van der Waals surface area contributed by atoms with Crippen molar-refractivity contribution in [3.63, 3.8) is 0 Å². The molecule has 0 unspecified atom stereocenters. The molecule has 1 saturated heterocycles. The molecule has 2 aromatic rings. The fraction of sp³-hybridized carbons (Fsp3) is 0.250. The first-order chi connectivity index (χ1) is 13.5. The van der Waals surface area contributed by atoms with Crippen molar-refractivity contribution in [3.8, 4) is 5.75 Å². The Kier molecular flexibility index (Phi) is 5.88. The minimum Gasteiger partial charge on any atom is -0.497 e. The quantitative estimate of drug-likeness (QED) is 0.822. The van der Waals surface area contributed by atoms with E-state index in [2.05, 4.69) is 10.6 Å². The summed E-state index contributed by atoms with van der Waals surface area (Å²) in [5.41, 5.74) is 0.815. The van der Waals surface area contributed by atoms with E-state index in [0.717, 1.165) is 0 Å². The number of nitrogens with zero attached hydrogens (tertiary/aromatic N) is 1. The van der Waals surface area contributed by atoms with E-state index in [9.17, 15) is 18.8 Å². The second kappa shape index (κ2) is 8.51. The molecule has 1 aliphatic heterocycles. The van der Waals surface area contributed by atoms with E-state index in [1.807, 2.05) is 0 Å². The molecule has 8 heteroatoms. The lowest BCUT2D eigenvalue weighted by Gasteiger charge is -2.34. The number of ether oxygens (including phenoxy) is 1. The fourth-order valence-corrected chi connectivity index (χ4v) is 2.98. The van der Waals surface area contributed by atoms with Crippen LogP contribution in [-0.2, 0) is 9.59 Å². The van der Waals surface area contributed by atoms with Gasteiger partial charge in [0.25, 0.3) is 5.91 Å². The Morgan fingerprint density at radius 2 is 1.86 bits per heavy atom. The van der Waals surface area contributed by atoms with Gasteiger partial charge in [0, 0.05) is 24.3 Å². The molecular weight excluding hydrogens is 365 g/mol. The van der Waals surface area contributed by atoms with Crippen molar-refractivity contribution in [3.05, 3.63) is 59.9 Å². The lowest BCUT2D eigenvalue weighted by atomic mass is 10.1. The number of piperazine rings is 1. The molecule has 0 spiro atoms. The van der Waals surface area contributed by atoms with Crippen LogP contribution >= 0.6 is 0 Å². The highest BCUT2D eigenvalue weighted by Crippen LogP contribution is 2.18. The molecular formula is C20H20FN3O4. The highest BCUT2D eigenvalue weighted by molar-refractivity contribution is 6.01. The van der Waals surface area contributed by atoms with Gasteiger partial charge in [-0.25, -0.2) is 4.39 Å². The minimum absolute atomic E-state index is 0.203. The van der Waals surface area contributed by atoms with E-state index >= 15 is 0 Å². The van der Waals surface area contributed by atoms with E-state index in [4.69, 9.17) is 4.74 Å². The first-order valence-corrected chi connectivity index (χ1v) is 8.76. The Labute approximate surface area is 161 Å². The van der Waals surface area contributed by atoms with Crippen molar-refractivity contribution >= 4 is 23.4 Å². The van der Waals surface area contributed by atoms with E-state index < -0.39 is 17.8 Å². The lowest BCUT2D eigenvalue weighted by Crippen LogP contribution is -2.58. The standard InChI is InChI=1S/C20H20FN3O4/c1-28-16-8-2-13(3-9-16)20(27)24-11-10-22-19(26)17(24)12-18(25)23-15-6-4-14(21)5-7-15/h2-9,17H,10-12H2,1H3,(H,22,26)(H,23,25)/t17-/m0/s1. The summed E-state index contributed by atoms with van der Waals surface area (Å²) in [6.45, 7) is 0.613. The fourth-order valence-electron chi connectivity index (χ4n) is 2.98. The summed E-state index contributed by atoms with van der Waals surface area (Å²) in [6.07, 6.45) is -0.203. The predicted molar refractivity (Wildman–Crippen MR) is 100 cm³/mol. The first kappa shape index (κ1) is 19.3. The molecule has 0 aliphatic carbocycles. The Morgan fingerprint density at radius 3 is 2.50 bits per heavy atom. The summed E-state index contributed by atoms with van der Waals surface area (Å²) in [7, 11) is 1.53. The number of hydrogen-bond acceptors (Lipinski definition) is 4. The van der Waals surface area contributed by atoms with Crippen LogP contribution in [-0.4, -0.2) is 48.9 Å². The monoisotopic (exact) mass is 385 g/mol. The van der Waals surface area contributed by atoms with Crippen molar-refractivity contribution < 1.29 is 23.5 Å². The minimum atomic E-state index is -0.927. The number of nitrogens with one attached hydrogen (secondary N) is 2. The predicted octanol–water partition coefficient (Wildman–Crippen LogP) is 1.80. The molecule has 2 N–H and O–H groups in total. The number of amides is 3. The summed E-state index contributed by atoms with van der Waals surface area (Å²) < 4.78 is 18.1. The zero-order chi connectivity index (χ0) is 20.1. The summed E-state index contributed by atoms with van der Waals surface area (Å²) in [5.74, 6) is -0.968. The second-order valence-electron chi connectivity index (χ2n) is 6.29. The summed E-state index contributed by atoms with van der Waals surface area (Å²) >= 11 is 0. The van der Waals surface area contributed by atoms with Crippen LogP contribution in [0.25, 0.3) is 0 Å². The van der Waals surface area contributed by atoms with Crippen LogP contribution in [0.4, 0.5) is 10.1 Å². The molecule has 0 saturated carbocycles. The molecule has 1 heterocycles. The topological polar surface area (TPSA) is 87.7 Å². The number of hydrogen-bond donors (Lipinski definition) is 2. The third kappa shape index (κ3) is 4.46. The van der Waals surface area contributed by atoms with E-state index in [1.165, 1.54) is 36.3 Å². The zero-order valence-corrected chi connectivity index (χ0v) is 15.3. The van der Waals surface area contributed by atoms with Gasteiger partial charge in [-0.3, -0.25) is 14.4 Å². The van der Waals surface area contributed by atoms with Gasteiger partial charge in [-0.1, -0.05) is 0 Å². The number of carbonyl (C=O) groups is 3. The van der Waals surface area contributed by atoms with Crippen molar-refractivity contribution in [1.29, 1.82) is 0 Å². The Morgan fingerprint density at radius 1 is 1.18 bits per heavy atom. The molecule has 1 aliphatic rings. The number of halogens is 1. The number of methoxy groups -OCH3 is 1. The number of carbonyl (C=O) groups excluding carboxylic acids is 3. The van der Waals surface area contributed by atoms with Crippen LogP contribution in [0.1, 0.15) is 16.8 Å². The maximum atomic E-state index is 13.0. The maximum Gasteiger partial charge on any atom is 0.254 e. The lowest BCUT2D eigenvalue weighted by molar-refractivity contribution is -0.131. The Hall–Kier alpha value is -3.42. The smallest absolute Gasteiger partial charge is 0.254 e. The summed E-state index contributed by atoms with van der Waals surface area (Å²) in [5, 5.41) is 5.29. The second-order valence-corrected chi connectivity index (χ2v) is 6.29. The molecule has 0 bridgehead atoms. The Bertz CT molecular complexity index is 868. The van der Waals surface area contributed by atoms with Crippen LogP contribution in [0, 0.1) is 5.82 Å². The summed E-state index contributed by atoms with van der Waals surface area (Å²) in [6, 6.07) is 10.9. The van der Waals surface area contributed by atoms with Gasteiger partial charge in [-0.05, 0) is 48.5 Å². The first-order valence-electron chi connectivity index (χ1n) is 8.76. The molecule has 146 valence electrons. The third-order valence-electron chi connectivity index (χ3n) is 4.44. The Balaban J connectivity index is 1.72. The summed E-state index contributed by atoms with van der Waals surface area (Å²) in [4.78, 5) is 38.9. The van der Waals surface area contributed by atoms with Gasteiger partial charge in [0.05, 0.1) is 13.5 Å². The van der Waals surface area contributed by atoms with Crippen LogP contribution in [0.15, 0.2) is 48.5 Å². The van der Waals surface area contributed by atoms with Crippen LogP contribution in [0.5, 0.6) is 5.75 Å². The molecule has 3 rings (SSSR count). The van der Waals surface area contributed by atoms with Crippen molar-refractivity contribution in [2.24, 2.45) is 0 Å². The van der Waals surface area contributed by atoms with Gasteiger partial charge in [-0.15, -0.1) is 0 Å². The average Bonchev–Trinajstić information content (AvgIpc) is 2.71. The van der Waals surface area contributed by atoms with Gasteiger partial charge in [0.1, 0.15) is 17.6 Å². The van der Waals surface area contributed by atoms with Crippen molar-refractivity contribution in [2.75, 3.05) is 25.5 Å². The van der Waals surface area contributed by atoms with Crippen LogP contribution < -0.4 is 15.4 Å². The highest BCUT2D eigenvalue weighted by Gasteiger charge is 2.35. The molecule has 1 atom stereocenters. The van der Waals surface area contributed by atoms with E-state index in [0.29, 0.717) is 30.1 Å². The van der Waals surface area contributed by atoms with Crippen molar-refractivity contribution in [2.45, 2.75) is 12.5 Å². The van der Waals surface area contributed by atoms with E-state index in [-0.39, 0.29) is 18.2 Å². The van der Waals surface area contributed by atoms with Crippen molar-refractivity contribution in [1.82, 2.24) is 10.2 Å². The van der Waals surface area contributed by atoms with Gasteiger partial charge in [0.2, 0.25) is 11.8 Å². The van der Waals surface area contributed by atoms with Gasteiger partial charge in [0.15, 0.2) is 0 Å². The third-order valence-corrected chi connectivity index (χ3v) is 4.44. The molecule has 0 radical (unpaired) electrons. The highest BCUT2D eigenvalue weighted by atomic mass is 19.1. The zero-order valence-electron chi connectivity index (χ0n) is 15.3. The molecule has 0 aromatic heterocycles. The van der Waals surface area contributed by atoms with Gasteiger partial charge < -0.3 is 20.3 Å². The molecule has 7 nitrogen and oxygen atoms in total.